The van der Waals surface area contributed by atoms with E-state index in [0.717, 1.165) is 44.9 Å². The Labute approximate surface area is 221 Å². The molecule has 1 saturated heterocycles. The molecule has 0 amide bonds. The molecule has 0 bridgehead atoms. The molecule has 0 spiro atoms. The van der Waals surface area contributed by atoms with Gasteiger partial charge in [-0.25, -0.2) is 0 Å². The van der Waals surface area contributed by atoms with Crippen LogP contribution in [0.15, 0.2) is 60.7 Å². The normalized spacial score (nSPS) is 21.1. The largest absolute Gasteiger partial charge is 0.462 e. The molecule has 1 aliphatic rings. The number of cyclic esters (lactones) is 1. The molecule has 0 radical (unpaired) electrons. The molecular formula is C32H48O3Si. The van der Waals surface area contributed by atoms with Gasteiger partial charge in [0.1, 0.15) is 6.10 Å². The Bertz CT molecular complexity index is 851. The van der Waals surface area contributed by atoms with E-state index in [2.05, 4.69) is 88.4 Å². The summed E-state index contributed by atoms with van der Waals surface area (Å²) in [6.45, 7) is 9.11. The SMILES string of the molecule is CCCC[C@H]1CCCCCCCC[C@H](O[Si](c2ccccc2)(c2ccccc2)C(C)(C)C)CC(=O)O1. The van der Waals surface area contributed by atoms with Crippen molar-refractivity contribution in [2.75, 3.05) is 0 Å². The summed E-state index contributed by atoms with van der Waals surface area (Å²) in [5.74, 6) is -0.0849. The summed E-state index contributed by atoms with van der Waals surface area (Å²) in [7, 11) is -2.71. The average molecular weight is 509 g/mol. The van der Waals surface area contributed by atoms with Crippen LogP contribution >= 0.6 is 0 Å². The van der Waals surface area contributed by atoms with Gasteiger partial charge in [0.05, 0.1) is 12.5 Å². The summed E-state index contributed by atoms with van der Waals surface area (Å²) in [6, 6.07) is 21.5. The first kappa shape index (κ1) is 28.7. The summed E-state index contributed by atoms with van der Waals surface area (Å²) in [5.41, 5.74) is 0. The predicted octanol–water partition coefficient (Wildman–Crippen LogP) is 7.56. The fourth-order valence-corrected chi connectivity index (χ4v) is 10.4. The number of carbonyl (C=O) groups excluding carboxylic acids is 1. The minimum absolute atomic E-state index is 0.0479. The number of rotatable bonds is 7. The summed E-state index contributed by atoms with van der Waals surface area (Å²) >= 11 is 0. The molecular weight excluding hydrogens is 460 g/mol. The second-order valence-electron chi connectivity index (χ2n) is 11.6. The topological polar surface area (TPSA) is 35.5 Å². The van der Waals surface area contributed by atoms with E-state index < -0.39 is 8.32 Å². The fraction of sp³-hybridized carbons (Fsp3) is 0.594. The average Bonchev–Trinajstić information content (AvgIpc) is 2.88. The van der Waals surface area contributed by atoms with Crippen LogP contribution in [0.2, 0.25) is 5.04 Å². The van der Waals surface area contributed by atoms with Crippen LogP contribution in [0.25, 0.3) is 0 Å². The molecule has 0 N–H and O–H groups in total. The van der Waals surface area contributed by atoms with Crippen molar-refractivity contribution in [1.82, 2.24) is 0 Å². The number of hydrogen-bond donors (Lipinski definition) is 0. The standard InChI is InChI=1S/C32H48O3Si/c1-5-6-19-27-20-13-9-7-8-10-14-21-28(26-31(33)34-27)35-36(32(2,3)4,29-22-15-11-16-23-29)30-24-17-12-18-25-30/h11-12,15-18,22-25,27-28H,5-10,13-14,19-21,26H2,1-4H3/t27-,28-/m0/s1. The van der Waals surface area contributed by atoms with Gasteiger partial charge in [0.25, 0.3) is 8.32 Å². The van der Waals surface area contributed by atoms with E-state index in [1.54, 1.807) is 0 Å². The van der Waals surface area contributed by atoms with E-state index in [-0.39, 0.29) is 23.2 Å². The maximum Gasteiger partial charge on any atom is 0.308 e. The maximum absolute atomic E-state index is 13.3. The van der Waals surface area contributed by atoms with Crippen molar-refractivity contribution < 1.29 is 14.0 Å². The van der Waals surface area contributed by atoms with Crippen molar-refractivity contribution in [2.45, 2.75) is 122 Å². The third-order valence-corrected chi connectivity index (χ3v) is 12.7. The first-order valence-electron chi connectivity index (χ1n) is 14.3. The van der Waals surface area contributed by atoms with E-state index in [0.29, 0.717) is 6.42 Å². The molecule has 1 fully saturated rings. The quantitative estimate of drug-likeness (QED) is 0.286. The molecule has 2 atom stereocenters. The summed E-state index contributed by atoms with van der Waals surface area (Å²) < 4.78 is 13.5. The molecule has 0 unspecified atom stereocenters. The molecule has 36 heavy (non-hydrogen) atoms. The second-order valence-corrected chi connectivity index (χ2v) is 15.8. The monoisotopic (exact) mass is 508 g/mol. The van der Waals surface area contributed by atoms with Gasteiger partial charge in [0, 0.05) is 0 Å². The van der Waals surface area contributed by atoms with Gasteiger partial charge < -0.3 is 9.16 Å². The fourth-order valence-electron chi connectivity index (χ4n) is 5.71. The van der Waals surface area contributed by atoms with Gasteiger partial charge in [-0.2, -0.15) is 0 Å². The molecule has 3 nitrogen and oxygen atoms in total. The van der Waals surface area contributed by atoms with Crippen LogP contribution in [0.3, 0.4) is 0 Å². The minimum Gasteiger partial charge on any atom is -0.462 e. The van der Waals surface area contributed by atoms with Crippen LogP contribution in [0.5, 0.6) is 0 Å². The van der Waals surface area contributed by atoms with E-state index in [9.17, 15) is 4.79 Å². The van der Waals surface area contributed by atoms with Crippen molar-refractivity contribution in [3.63, 3.8) is 0 Å². The molecule has 2 aromatic rings. The molecule has 0 aliphatic carbocycles. The number of ether oxygens (including phenoxy) is 1. The van der Waals surface area contributed by atoms with Gasteiger partial charge in [-0.15, -0.1) is 0 Å². The van der Waals surface area contributed by atoms with Crippen LogP contribution in [0.4, 0.5) is 0 Å². The smallest absolute Gasteiger partial charge is 0.308 e. The Morgan fingerprint density at radius 2 is 1.36 bits per heavy atom. The Hall–Kier alpha value is -1.91. The highest BCUT2D eigenvalue weighted by Gasteiger charge is 2.51. The van der Waals surface area contributed by atoms with Crippen molar-refractivity contribution in [3.8, 4) is 0 Å². The Morgan fingerprint density at radius 3 is 1.89 bits per heavy atom. The lowest BCUT2D eigenvalue weighted by Gasteiger charge is -2.45. The summed E-state index contributed by atoms with van der Waals surface area (Å²) in [4.78, 5) is 13.3. The van der Waals surface area contributed by atoms with Crippen molar-refractivity contribution in [1.29, 1.82) is 0 Å². The zero-order chi connectivity index (χ0) is 25.9. The van der Waals surface area contributed by atoms with Gasteiger partial charge in [-0.1, -0.05) is 133 Å². The van der Waals surface area contributed by atoms with Crippen LogP contribution in [0, 0.1) is 0 Å². The number of unbranched alkanes of at least 4 members (excludes halogenated alkanes) is 1. The molecule has 0 saturated carbocycles. The molecule has 4 heteroatoms. The van der Waals surface area contributed by atoms with Gasteiger partial charge in [-0.05, 0) is 41.1 Å². The second kappa shape index (κ2) is 14.1. The zero-order valence-electron chi connectivity index (χ0n) is 23.1. The molecule has 2 aromatic carbocycles. The zero-order valence-corrected chi connectivity index (χ0v) is 24.1. The predicted molar refractivity (Wildman–Crippen MR) is 153 cm³/mol. The number of carbonyl (C=O) groups is 1. The number of esters is 1. The van der Waals surface area contributed by atoms with E-state index >= 15 is 0 Å². The Kier molecular flexibility index (Phi) is 11.3. The molecule has 3 rings (SSSR count). The van der Waals surface area contributed by atoms with E-state index in [4.69, 9.17) is 9.16 Å². The van der Waals surface area contributed by atoms with Gasteiger partial charge in [0.15, 0.2) is 0 Å². The van der Waals surface area contributed by atoms with Crippen LogP contribution in [-0.4, -0.2) is 26.5 Å². The van der Waals surface area contributed by atoms with Gasteiger partial charge >= 0.3 is 5.97 Å². The van der Waals surface area contributed by atoms with E-state index in [1.165, 1.54) is 36.1 Å². The van der Waals surface area contributed by atoms with Crippen LogP contribution in [0.1, 0.15) is 105 Å². The highest BCUT2D eigenvalue weighted by Crippen LogP contribution is 2.38. The lowest BCUT2D eigenvalue weighted by Crippen LogP contribution is -2.67. The van der Waals surface area contributed by atoms with Gasteiger partial charge in [-0.3, -0.25) is 4.79 Å². The molecule has 1 aliphatic heterocycles. The maximum atomic E-state index is 13.3. The summed E-state index contributed by atoms with van der Waals surface area (Å²) in [6.07, 6.45) is 12.6. The van der Waals surface area contributed by atoms with Gasteiger partial charge in [0.2, 0.25) is 0 Å². The van der Waals surface area contributed by atoms with Crippen LogP contribution in [-0.2, 0) is 14.0 Å². The van der Waals surface area contributed by atoms with E-state index in [1.807, 2.05) is 0 Å². The summed E-state index contributed by atoms with van der Waals surface area (Å²) in [5, 5.41) is 2.42. The van der Waals surface area contributed by atoms with Crippen molar-refractivity contribution in [3.05, 3.63) is 60.7 Å². The Morgan fingerprint density at radius 1 is 0.833 bits per heavy atom. The highest BCUT2D eigenvalue weighted by atomic mass is 28.4. The minimum atomic E-state index is -2.71. The van der Waals surface area contributed by atoms with Crippen molar-refractivity contribution in [2.24, 2.45) is 0 Å². The first-order valence-corrected chi connectivity index (χ1v) is 16.3. The molecule has 1 heterocycles. The highest BCUT2D eigenvalue weighted by molar-refractivity contribution is 6.99. The molecule has 198 valence electrons. The third-order valence-electron chi connectivity index (χ3n) is 7.63. The first-order chi connectivity index (χ1) is 17.4. The third kappa shape index (κ3) is 7.79. The van der Waals surface area contributed by atoms with Crippen molar-refractivity contribution >= 4 is 24.7 Å². The number of hydrogen-bond acceptors (Lipinski definition) is 3. The Balaban J connectivity index is 1.95. The van der Waals surface area contributed by atoms with Crippen LogP contribution < -0.4 is 10.4 Å². The lowest BCUT2D eigenvalue weighted by atomic mass is 10.0. The lowest BCUT2D eigenvalue weighted by molar-refractivity contribution is -0.152. The molecule has 0 aromatic heterocycles. The number of benzene rings is 2.